The van der Waals surface area contributed by atoms with Gasteiger partial charge in [-0.05, 0) is 74.3 Å². The number of nitrogens with one attached hydrogen (secondary N) is 3. The second-order valence-electron chi connectivity index (χ2n) is 8.95. The second kappa shape index (κ2) is 11.1. The number of benzene rings is 3. The summed E-state index contributed by atoms with van der Waals surface area (Å²) < 4.78 is 18.5. The molecule has 0 bridgehead atoms. The molecule has 0 radical (unpaired) electrons. The molecule has 4 rings (SSSR count). The zero-order valence-electron chi connectivity index (χ0n) is 21.5. The zero-order chi connectivity index (χ0) is 27.4. The first-order valence-electron chi connectivity index (χ1n) is 11.8. The van der Waals surface area contributed by atoms with E-state index in [-0.39, 0.29) is 18.4 Å². The Morgan fingerprint density at radius 3 is 2.18 bits per heavy atom. The minimum absolute atomic E-state index is 0.0503. The lowest BCUT2D eigenvalue weighted by Gasteiger charge is -2.20. The van der Waals surface area contributed by atoms with Crippen LogP contribution in [0.15, 0.2) is 66.7 Å². The van der Waals surface area contributed by atoms with Crippen LogP contribution in [0.4, 0.5) is 31.9 Å². The highest BCUT2D eigenvalue weighted by Gasteiger charge is 2.29. The van der Waals surface area contributed by atoms with Crippen LogP contribution in [0.5, 0.6) is 0 Å². The first-order chi connectivity index (χ1) is 18.2. The Hall–Kier alpha value is -4.70. The second-order valence-corrected chi connectivity index (χ2v) is 8.95. The molecule has 9 nitrogen and oxygen atoms in total. The van der Waals surface area contributed by atoms with Crippen molar-refractivity contribution in [1.29, 1.82) is 0 Å². The monoisotopic (exact) mass is 517 g/mol. The fraction of sp³-hybridized carbons (Fsp3) is 0.179. The van der Waals surface area contributed by atoms with E-state index in [0.717, 1.165) is 0 Å². The fourth-order valence-electron chi connectivity index (χ4n) is 3.99. The zero-order valence-corrected chi connectivity index (χ0v) is 21.5. The number of nitrogens with zero attached hydrogens (tertiary/aromatic N) is 2. The summed E-state index contributed by atoms with van der Waals surface area (Å²) >= 11 is 0. The van der Waals surface area contributed by atoms with Crippen molar-refractivity contribution in [2.75, 3.05) is 55.6 Å². The molecular weight excluding hydrogens is 489 g/mol. The van der Waals surface area contributed by atoms with Crippen molar-refractivity contribution in [3.8, 4) is 0 Å². The van der Waals surface area contributed by atoms with Crippen molar-refractivity contribution in [1.82, 2.24) is 4.90 Å². The number of anilines is 4. The van der Waals surface area contributed by atoms with E-state index in [1.165, 1.54) is 19.2 Å². The van der Waals surface area contributed by atoms with Gasteiger partial charge in [0.05, 0.1) is 30.6 Å². The number of hydrogen-bond acceptors (Lipinski definition) is 6. The predicted octanol–water partition coefficient (Wildman–Crippen LogP) is 4.46. The van der Waals surface area contributed by atoms with E-state index in [2.05, 4.69) is 20.7 Å². The van der Waals surface area contributed by atoms with Gasteiger partial charge in [0.15, 0.2) is 0 Å². The predicted molar refractivity (Wildman–Crippen MR) is 146 cm³/mol. The molecule has 0 aliphatic carbocycles. The highest BCUT2D eigenvalue weighted by Crippen LogP contribution is 2.38. The van der Waals surface area contributed by atoms with Gasteiger partial charge in [-0.3, -0.25) is 14.9 Å². The number of rotatable bonds is 7. The molecule has 0 saturated carbocycles. The van der Waals surface area contributed by atoms with E-state index in [1.54, 1.807) is 71.4 Å². The van der Waals surface area contributed by atoms with E-state index < -0.39 is 11.9 Å². The lowest BCUT2D eigenvalue weighted by Crippen LogP contribution is -2.34. The molecule has 10 heteroatoms. The summed E-state index contributed by atoms with van der Waals surface area (Å²) in [5.41, 5.74) is 4.33. The van der Waals surface area contributed by atoms with Crippen molar-refractivity contribution in [3.05, 3.63) is 83.7 Å². The Morgan fingerprint density at radius 1 is 0.921 bits per heavy atom. The number of halogens is 1. The average molecular weight is 518 g/mol. The average Bonchev–Trinajstić information content (AvgIpc) is 3.21. The number of amides is 3. The highest BCUT2D eigenvalue weighted by molar-refractivity contribution is 6.37. The molecule has 0 unspecified atom stereocenters. The highest BCUT2D eigenvalue weighted by atomic mass is 19.1. The molecule has 1 aliphatic rings. The molecule has 0 fully saturated rings. The molecule has 3 aromatic rings. The summed E-state index contributed by atoms with van der Waals surface area (Å²) in [6, 6.07) is 18.2. The lowest BCUT2D eigenvalue weighted by atomic mass is 9.99. The first-order valence-corrected chi connectivity index (χ1v) is 11.8. The lowest BCUT2D eigenvalue weighted by molar-refractivity contribution is -0.119. The molecular formula is C28H28FN5O4. The fourth-order valence-corrected chi connectivity index (χ4v) is 3.99. The Morgan fingerprint density at radius 2 is 1.55 bits per heavy atom. The Bertz CT molecular complexity index is 1400. The Labute approximate surface area is 219 Å². The Balaban J connectivity index is 1.71. The van der Waals surface area contributed by atoms with Crippen LogP contribution < -0.4 is 20.9 Å². The van der Waals surface area contributed by atoms with Gasteiger partial charge in [-0.15, -0.1) is 0 Å². The number of fused-ring (bicyclic) bond motifs is 1. The van der Waals surface area contributed by atoms with Gasteiger partial charge in [0, 0.05) is 29.7 Å². The molecule has 3 aromatic carbocycles. The standard InChI is InChI=1S/C28H28FN5O4/c1-33(2)16-24(35)34(3)21-12-10-19(11-13-21)30-26(17-5-8-20(9-6-17)31-28(37)38-4)25-22-14-7-18(29)15-23(22)32-27(25)36/h5-15,30H,16H2,1-4H3,(H,31,37)(H,32,36). The van der Waals surface area contributed by atoms with Gasteiger partial charge >= 0.3 is 6.09 Å². The smallest absolute Gasteiger partial charge is 0.411 e. The summed E-state index contributed by atoms with van der Waals surface area (Å²) in [4.78, 5) is 40.4. The van der Waals surface area contributed by atoms with Gasteiger partial charge in [0.2, 0.25) is 5.91 Å². The molecule has 0 atom stereocenters. The third-order valence-electron chi connectivity index (χ3n) is 5.93. The molecule has 3 amide bonds. The summed E-state index contributed by atoms with van der Waals surface area (Å²) in [6.07, 6.45) is -0.602. The van der Waals surface area contributed by atoms with Crippen LogP contribution >= 0.6 is 0 Å². The number of methoxy groups -OCH3 is 1. The molecule has 38 heavy (non-hydrogen) atoms. The first kappa shape index (κ1) is 26.4. The third-order valence-corrected chi connectivity index (χ3v) is 5.93. The minimum atomic E-state index is -0.602. The minimum Gasteiger partial charge on any atom is -0.453 e. The summed E-state index contributed by atoms with van der Waals surface area (Å²) in [5, 5.41) is 8.64. The van der Waals surface area contributed by atoms with Crippen LogP contribution in [-0.2, 0) is 14.3 Å². The molecule has 196 valence electrons. The third kappa shape index (κ3) is 5.81. The van der Waals surface area contributed by atoms with Crippen LogP contribution in [0.1, 0.15) is 11.1 Å². The van der Waals surface area contributed by atoms with E-state index >= 15 is 0 Å². The summed E-state index contributed by atoms with van der Waals surface area (Å²) in [6.45, 7) is 0.280. The van der Waals surface area contributed by atoms with E-state index in [1.807, 2.05) is 14.1 Å². The maximum absolute atomic E-state index is 13.8. The van der Waals surface area contributed by atoms with Gasteiger partial charge in [-0.2, -0.15) is 0 Å². The largest absolute Gasteiger partial charge is 0.453 e. The quantitative estimate of drug-likeness (QED) is 0.400. The van der Waals surface area contributed by atoms with Crippen LogP contribution in [0.25, 0.3) is 11.3 Å². The maximum Gasteiger partial charge on any atom is 0.411 e. The molecule has 1 aliphatic heterocycles. The van der Waals surface area contributed by atoms with Crippen LogP contribution in [0.2, 0.25) is 0 Å². The number of carbonyl (C=O) groups excluding carboxylic acids is 3. The van der Waals surface area contributed by atoms with Crippen LogP contribution in [0, 0.1) is 5.82 Å². The topological polar surface area (TPSA) is 103 Å². The number of ether oxygens (including phenoxy) is 1. The van der Waals surface area contributed by atoms with Crippen LogP contribution in [0.3, 0.4) is 0 Å². The van der Waals surface area contributed by atoms with E-state index in [9.17, 15) is 18.8 Å². The van der Waals surface area contributed by atoms with Gasteiger partial charge in [0.1, 0.15) is 5.82 Å². The molecule has 0 spiro atoms. The Kier molecular flexibility index (Phi) is 7.73. The van der Waals surface area contributed by atoms with E-state index in [0.29, 0.717) is 45.1 Å². The summed E-state index contributed by atoms with van der Waals surface area (Å²) in [5.74, 6) is -0.886. The van der Waals surface area contributed by atoms with Crippen molar-refractivity contribution in [3.63, 3.8) is 0 Å². The molecule has 0 aromatic heterocycles. The molecule has 1 heterocycles. The van der Waals surface area contributed by atoms with Crippen molar-refractivity contribution in [2.45, 2.75) is 0 Å². The van der Waals surface area contributed by atoms with Crippen molar-refractivity contribution >= 4 is 51.9 Å². The van der Waals surface area contributed by atoms with Gasteiger partial charge in [-0.25, -0.2) is 9.18 Å². The van der Waals surface area contributed by atoms with Crippen molar-refractivity contribution in [2.24, 2.45) is 0 Å². The van der Waals surface area contributed by atoms with Crippen molar-refractivity contribution < 1.29 is 23.5 Å². The number of carbonyl (C=O) groups is 3. The van der Waals surface area contributed by atoms with Crippen LogP contribution in [-0.4, -0.2) is 57.6 Å². The molecule has 0 saturated heterocycles. The van der Waals surface area contributed by atoms with Gasteiger partial charge in [0.25, 0.3) is 5.91 Å². The SMILES string of the molecule is COC(=O)Nc1ccc(C(Nc2ccc(N(C)C(=O)CN(C)C)cc2)=C2C(=O)Nc3cc(F)ccc32)cc1. The maximum atomic E-state index is 13.8. The number of likely N-dealkylation sites (N-methyl/N-ethyl adjacent to an activating group) is 2. The normalized spacial score (nSPS) is 13.5. The van der Waals surface area contributed by atoms with Gasteiger partial charge < -0.3 is 25.2 Å². The number of hydrogen-bond donors (Lipinski definition) is 3. The van der Waals surface area contributed by atoms with Gasteiger partial charge in [-0.1, -0.05) is 12.1 Å². The van der Waals surface area contributed by atoms with E-state index in [4.69, 9.17) is 0 Å². The molecule has 3 N–H and O–H groups in total. The summed E-state index contributed by atoms with van der Waals surface area (Å²) in [7, 11) is 6.65.